The quantitative estimate of drug-likeness (QED) is 0.393. The van der Waals surface area contributed by atoms with Crippen molar-refractivity contribution in [3.8, 4) is 17.2 Å². The molecule has 0 aliphatic carbocycles. The van der Waals surface area contributed by atoms with Crippen molar-refractivity contribution in [1.29, 1.82) is 0 Å². The largest absolute Gasteiger partial charge is 0.504 e. The molecule has 0 atom stereocenters. The molecule has 2 rings (SSSR count). The summed E-state index contributed by atoms with van der Waals surface area (Å²) in [6.07, 6.45) is 11.5. The number of aromatic hydroxyl groups is 1. The van der Waals surface area contributed by atoms with E-state index in [1.807, 2.05) is 6.07 Å². The normalized spacial score (nSPS) is 11.1. The summed E-state index contributed by atoms with van der Waals surface area (Å²) >= 11 is 0. The van der Waals surface area contributed by atoms with E-state index in [4.69, 9.17) is 9.47 Å². The van der Waals surface area contributed by atoms with Gasteiger partial charge in [0.25, 0.3) is 5.56 Å². The predicted molar refractivity (Wildman–Crippen MR) is 115 cm³/mol. The molecule has 1 aromatic carbocycles. The Bertz CT molecular complexity index is 769. The molecule has 1 heterocycles. The molecule has 0 spiro atoms. The molecule has 156 valence electrons. The summed E-state index contributed by atoms with van der Waals surface area (Å²) in [6, 6.07) is 5.35. The average Bonchev–Trinajstić information content (AvgIpc) is 2.69. The predicted octanol–water partition coefficient (Wildman–Crippen LogP) is 5.93. The number of hydrogen-bond acceptors (Lipinski definition) is 4. The van der Waals surface area contributed by atoms with Crippen LogP contribution in [0.5, 0.6) is 17.2 Å². The van der Waals surface area contributed by atoms with Gasteiger partial charge in [0.1, 0.15) is 5.75 Å². The first-order valence-electron chi connectivity index (χ1n) is 10.8. The van der Waals surface area contributed by atoms with Crippen molar-refractivity contribution in [3.05, 3.63) is 28.6 Å². The Labute approximate surface area is 168 Å². The molecule has 0 saturated carbocycles. The molecule has 0 aliphatic heterocycles. The Kier molecular flexibility index (Phi) is 9.73. The summed E-state index contributed by atoms with van der Waals surface area (Å²) < 4.78 is 11.3. The van der Waals surface area contributed by atoms with E-state index in [1.165, 1.54) is 32.1 Å². The van der Waals surface area contributed by atoms with Crippen molar-refractivity contribution < 1.29 is 14.6 Å². The van der Waals surface area contributed by atoms with Gasteiger partial charge in [0.2, 0.25) is 5.75 Å². The maximum atomic E-state index is 12.3. The lowest BCUT2D eigenvalue weighted by Gasteiger charge is -2.11. The van der Waals surface area contributed by atoms with Crippen molar-refractivity contribution in [2.45, 2.75) is 78.1 Å². The summed E-state index contributed by atoms with van der Waals surface area (Å²) in [7, 11) is 0. The van der Waals surface area contributed by atoms with E-state index < -0.39 is 5.56 Å². The Balaban J connectivity index is 1.93. The molecule has 1 aromatic heterocycles. The number of aromatic nitrogens is 1. The number of benzene rings is 1. The number of hydrogen-bond donors (Lipinski definition) is 2. The molecule has 5 heteroatoms. The second kappa shape index (κ2) is 12.3. The fourth-order valence-corrected chi connectivity index (χ4v) is 3.24. The van der Waals surface area contributed by atoms with Crippen LogP contribution in [0.2, 0.25) is 0 Å². The van der Waals surface area contributed by atoms with Gasteiger partial charge < -0.3 is 19.6 Å². The second-order valence-corrected chi connectivity index (χ2v) is 7.36. The van der Waals surface area contributed by atoms with Crippen LogP contribution in [0.1, 0.15) is 78.1 Å². The minimum atomic E-state index is -0.409. The van der Waals surface area contributed by atoms with Gasteiger partial charge in [-0.1, -0.05) is 65.2 Å². The third kappa shape index (κ3) is 6.77. The number of nitrogens with one attached hydrogen (secondary N) is 1. The van der Waals surface area contributed by atoms with Crippen molar-refractivity contribution in [2.24, 2.45) is 0 Å². The van der Waals surface area contributed by atoms with E-state index in [9.17, 15) is 9.90 Å². The number of ether oxygens (including phenoxy) is 2. The summed E-state index contributed by atoms with van der Waals surface area (Å²) in [6.45, 7) is 5.45. The number of rotatable bonds is 14. The summed E-state index contributed by atoms with van der Waals surface area (Å²) in [4.78, 5) is 15.1. The molecule has 0 bridgehead atoms. The molecular formula is C23H35NO4. The van der Waals surface area contributed by atoms with Crippen LogP contribution in [0.25, 0.3) is 10.9 Å². The molecule has 0 saturated heterocycles. The number of fused-ring (bicyclic) bond motifs is 1. The van der Waals surface area contributed by atoms with Gasteiger partial charge in [0.05, 0.1) is 18.7 Å². The smallest absolute Gasteiger partial charge is 0.294 e. The van der Waals surface area contributed by atoms with Gasteiger partial charge in [-0.05, 0) is 25.0 Å². The fourth-order valence-electron chi connectivity index (χ4n) is 3.24. The molecule has 0 radical (unpaired) electrons. The first-order chi connectivity index (χ1) is 13.7. The molecule has 0 unspecified atom stereocenters. The van der Waals surface area contributed by atoms with E-state index in [-0.39, 0.29) is 11.5 Å². The van der Waals surface area contributed by atoms with Crippen LogP contribution in [0.15, 0.2) is 23.0 Å². The average molecular weight is 390 g/mol. The Morgan fingerprint density at radius 2 is 1.46 bits per heavy atom. The minimum absolute atomic E-state index is 0.00439. The van der Waals surface area contributed by atoms with Gasteiger partial charge in [-0.3, -0.25) is 4.79 Å². The maximum Gasteiger partial charge on any atom is 0.294 e. The highest BCUT2D eigenvalue weighted by Gasteiger charge is 2.13. The number of aromatic amines is 1. The molecule has 2 aromatic rings. The van der Waals surface area contributed by atoms with Crippen LogP contribution in [0.3, 0.4) is 0 Å². The minimum Gasteiger partial charge on any atom is -0.504 e. The molecule has 5 nitrogen and oxygen atoms in total. The molecule has 28 heavy (non-hydrogen) atoms. The van der Waals surface area contributed by atoms with Crippen molar-refractivity contribution in [3.63, 3.8) is 0 Å². The lowest BCUT2D eigenvalue weighted by atomic mass is 10.1. The zero-order valence-corrected chi connectivity index (χ0v) is 17.4. The summed E-state index contributed by atoms with van der Waals surface area (Å²) in [5.74, 6) is 0.603. The van der Waals surface area contributed by atoms with E-state index in [2.05, 4.69) is 18.8 Å². The highest BCUT2D eigenvalue weighted by molar-refractivity contribution is 5.87. The van der Waals surface area contributed by atoms with E-state index in [0.717, 1.165) is 32.1 Å². The van der Waals surface area contributed by atoms with Crippen LogP contribution < -0.4 is 15.0 Å². The monoisotopic (exact) mass is 389 g/mol. The molecule has 2 N–H and O–H groups in total. The highest BCUT2D eigenvalue weighted by atomic mass is 16.5. The van der Waals surface area contributed by atoms with Crippen molar-refractivity contribution in [1.82, 2.24) is 4.98 Å². The number of unbranched alkanes of at least 4 members (excludes halogenated alkanes) is 8. The van der Waals surface area contributed by atoms with Gasteiger partial charge in [-0.15, -0.1) is 0 Å². The lowest BCUT2D eigenvalue weighted by Crippen LogP contribution is -2.12. The summed E-state index contributed by atoms with van der Waals surface area (Å²) in [5, 5.41) is 11.0. The van der Waals surface area contributed by atoms with Crippen LogP contribution in [0, 0.1) is 0 Å². The number of H-pyrrole nitrogens is 1. The third-order valence-corrected chi connectivity index (χ3v) is 4.93. The second-order valence-electron chi connectivity index (χ2n) is 7.36. The van der Waals surface area contributed by atoms with E-state index in [1.54, 1.807) is 12.1 Å². The summed E-state index contributed by atoms with van der Waals surface area (Å²) in [5.41, 5.74) is 0.148. The third-order valence-electron chi connectivity index (χ3n) is 4.93. The Morgan fingerprint density at radius 1 is 0.857 bits per heavy atom. The standard InChI is InChI=1S/C23H35NO4/c1-3-5-7-9-10-12-15-27-18-13-14-19-20(17-18)24-23(26)22(21(19)25)28-16-11-8-6-4-2/h13-14,17H,3-12,15-16H2,1-2H3,(H2,24,25,26). The highest BCUT2D eigenvalue weighted by Crippen LogP contribution is 2.32. The first-order valence-corrected chi connectivity index (χ1v) is 10.8. The van der Waals surface area contributed by atoms with E-state index >= 15 is 0 Å². The Morgan fingerprint density at radius 3 is 2.18 bits per heavy atom. The van der Waals surface area contributed by atoms with Crippen LogP contribution in [0.4, 0.5) is 0 Å². The zero-order chi connectivity index (χ0) is 20.2. The molecule has 0 amide bonds. The van der Waals surface area contributed by atoms with Gasteiger partial charge in [-0.25, -0.2) is 0 Å². The fraction of sp³-hybridized carbons (Fsp3) is 0.609. The van der Waals surface area contributed by atoms with Crippen LogP contribution in [-0.4, -0.2) is 23.3 Å². The van der Waals surface area contributed by atoms with E-state index in [0.29, 0.717) is 29.9 Å². The number of pyridine rings is 1. The molecule has 0 aliphatic rings. The van der Waals surface area contributed by atoms with Crippen molar-refractivity contribution in [2.75, 3.05) is 13.2 Å². The Hall–Kier alpha value is -2.17. The zero-order valence-electron chi connectivity index (χ0n) is 17.4. The van der Waals surface area contributed by atoms with Gasteiger partial charge in [0, 0.05) is 11.5 Å². The topological polar surface area (TPSA) is 71.5 Å². The SMILES string of the molecule is CCCCCCCCOc1ccc2c(O)c(OCCCCCC)c(=O)[nH]c2c1. The van der Waals surface area contributed by atoms with Crippen LogP contribution >= 0.6 is 0 Å². The van der Waals surface area contributed by atoms with Crippen LogP contribution in [-0.2, 0) is 0 Å². The van der Waals surface area contributed by atoms with Crippen molar-refractivity contribution >= 4 is 10.9 Å². The lowest BCUT2D eigenvalue weighted by molar-refractivity contribution is 0.286. The van der Waals surface area contributed by atoms with Gasteiger partial charge in [-0.2, -0.15) is 0 Å². The van der Waals surface area contributed by atoms with Gasteiger partial charge >= 0.3 is 0 Å². The van der Waals surface area contributed by atoms with Gasteiger partial charge in [0.15, 0.2) is 5.75 Å². The first kappa shape index (κ1) is 22.1. The maximum absolute atomic E-state index is 12.3. The molecule has 0 fully saturated rings. The molecular weight excluding hydrogens is 354 g/mol.